The van der Waals surface area contributed by atoms with Crippen molar-refractivity contribution in [1.29, 1.82) is 5.26 Å². The van der Waals surface area contributed by atoms with Gasteiger partial charge in [-0.15, -0.1) is 10.2 Å². The highest BCUT2D eigenvalue weighted by atomic mass is 32.1. The van der Waals surface area contributed by atoms with Gasteiger partial charge in [0, 0.05) is 0 Å². The summed E-state index contributed by atoms with van der Waals surface area (Å²) < 4.78 is 17.3. The maximum absolute atomic E-state index is 12.5. The first-order valence-electron chi connectivity index (χ1n) is 10.9. The molecule has 0 aliphatic heterocycles. The van der Waals surface area contributed by atoms with Gasteiger partial charge in [-0.2, -0.15) is 5.26 Å². The lowest BCUT2D eigenvalue weighted by molar-refractivity contribution is -0.112. The van der Waals surface area contributed by atoms with E-state index in [4.69, 9.17) is 14.2 Å². The van der Waals surface area contributed by atoms with Crippen LogP contribution in [0.2, 0.25) is 0 Å². The second kappa shape index (κ2) is 12.4. The van der Waals surface area contributed by atoms with Gasteiger partial charge in [0.1, 0.15) is 35.6 Å². The van der Waals surface area contributed by atoms with E-state index in [0.29, 0.717) is 42.0 Å². The zero-order chi connectivity index (χ0) is 24.3. The van der Waals surface area contributed by atoms with E-state index in [1.54, 1.807) is 18.2 Å². The van der Waals surface area contributed by atoms with E-state index in [2.05, 4.69) is 15.5 Å². The number of carbonyl (C=O) groups excluding carboxylic acids is 1. The monoisotopic (exact) mass is 478 g/mol. The van der Waals surface area contributed by atoms with E-state index in [1.807, 2.05) is 51.1 Å². The lowest BCUT2D eigenvalue weighted by Crippen LogP contribution is -2.13. The van der Waals surface area contributed by atoms with Gasteiger partial charge in [-0.05, 0) is 55.7 Å². The molecule has 3 rings (SSSR count). The standard InChI is InChI=1S/C25H26N4O4S/c1-4-23-28-29-25(34-23)27-24(30)19(16-26)14-18-10-11-21(22(15-18)31-5-2)33-13-12-32-20-9-7-6-8-17(20)3/h6-11,14-15H,4-5,12-13H2,1-3H3,(H,27,29,30)/b19-14-. The molecule has 1 N–H and O–H groups in total. The van der Waals surface area contributed by atoms with Crippen LogP contribution in [0.15, 0.2) is 48.0 Å². The van der Waals surface area contributed by atoms with Crippen LogP contribution in [0.4, 0.5) is 5.13 Å². The molecule has 9 heteroatoms. The zero-order valence-corrected chi connectivity index (χ0v) is 20.1. The van der Waals surface area contributed by atoms with Crippen molar-refractivity contribution in [2.75, 3.05) is 25.1 Å². The first-order chi connectivity index (χ1) is 16.5. The largest absolute Gasteiger partial charge is 0.490 e. The Hall–Kier alpha value is -3.90. The number of aryl methyl sites for hydroxylation is 2. The summed E-state index contributed by atoms with van der Waals surface area (Å²) in [5, 5.41) is 21.1. The number of rotatable bonds is 11. The number of anilines is 1. The lowest BCUT2D eigenvalue weighted by atomic mass is 10.1. The van der Waals surface area contributed by atoms with Gasteiger partial charge in [0.05, 0.1) is 6.61 Å². The van der Waals surface area contributed by atoms with Crippen LogP contribution in [0.5, 0.6) is 17.2 Å². The van der Waals surface area contributed by atoms with E-state index in [1.165, 1.54) is 17.4 Å². The summed E-state index contributed by atoms with van der Waals surface area (Å²) in [6, 6.07) is 15.0. The van der Waals surface area contributed by atoms with Crippen LogP contribution in [0.25, 0.3) is 6.08 Å². The van der Waals surface area contributed by atoms with Crippen LogP contribution < -0.4 is 19.5 Å². The summed E-state index contributed by atoms with van der Waals surface area (Å²) in [4.78, 5) is 12.5. The number of nitriles is 1. The number of hydrogen-bond donors (Lipinski definition) is 1. The van der Waals surface area contributed by atoms with Crippen molar-refractivity contribution in [2.45, 2.75) is 27.2 Å². The lowest BCUT2D eigenvalue weighted by Gasteiger charge is -2.14. The Morgan fingerprint density at radius 3 is 2.50 bits per heavy atom. The van der Waals surface area contributed by atoms with Gasteiger partial charge in [0.25, 0.3) is 5.91 Å². The van der Waals surface area contributed by atoms with Gasteiger partial charge in [-0.25, -0.2) is 0 Å². The Kier molecular flexibility index (Phi) is 9.00. The summed E-state index contributed by atoms with van der Waals surface area (Å²) in [5.41, 5.74) is 1.63. The molecule has 176 valence electrons. The molecule has 0 saturated carbocycles. The van der Waals surface area contributed by atoms with Crippen LogP contribution in [-0.4, -0.2) is 35.9 Å². The average molecular weight is 479 g/mol. The predicted octanol–water partition coefficient (Wildman–Crippen LogP) is 4.81. The minimum atomic E-state index is -0.548. The highest BCUT2D eigenvalue weighted by Crippen LogP contribution is 2.29. The molecule has 3 aromatic rings. The van der Waals surface area contributed by atoms with Crippen molar-refractivity contribution in [3.8, 4) is 23.3 Å². The minimum absolute atomic E-state index is 0.0593. The Morgan fingerprint density at radius 2 is 1.82 bits per heavy atom. The van der Waals surface area contributed by atoms with E-state index in [0.717, 1.165) is 22.7 Å². The van der Waals surface area contributed by atoms with Crippen LogP contribution in [0.3, 0.4) is 0 Å². The van der Waals surface area contributed by atoms with Crippen LogP contribution in [-0.2, 0) is 11.2 Å². The first-order valence-corrected chi connectivity index (χ1v) is 11.7. The van der Waals surface area contributed by atoms with Gasteiger partial charge in [-0.3, -0.25) is 10.1 Å². The molecule has 1 heterocycles. The molecule has 0 atom stereocenters. The van der Waals surface area contributed by atoms with Gasteiger partial charge in [0.15, 0.2) is 11.5 Å². The Bertz CT molecular complexity index is 1200. The second-order valence-corrected chi connectivity index (χ2v) is 8.14. The van der Waals surface area contributed by atoms with E-state index in [9.17, 15) is 10.1 Å². The third kappa shape index (κ3) is 6.80. The molecule has 0 spiro atoms. The molecule has 0 unspecified atom stereocenters. The molecule has 34 heavy (non-hydrogen) atoms. The molecular weight excluding hydrogens is 452 g/mol. The molecule has 0 fully saturated rings. The number of aromatic nitrogens is 2. The smallest absolute Gasteiger partial charge is 0.268 e. The molecule has 1 amide bonds. The van der Waals surface area contributed by atoms with Gasteiger partial charge >= 0.3 is 0 Å². The number of nitrogens with zero attached hydrogens (tertiary/aromatic N) is 3. The average Bonchev–Trinajstić information content (AvgIpc) is 3.30. The number of hydrogen-bond acceptors (Lipinski definition) is 8. The molecule has 2 aromatic carbocycles. The highest BCUT2D eigenvalue weighted by molar-refractivity contribution is 7.15. The maximum atomic E-state index is 12.5. The summed E-state index contributed by atoms with van der Waals surface area (Å²) >= 11 is 1.28. The number of ether oxygens (including phenoxy) is 3. The van der Waals surface area contributed by atoms with Crippen LogP contribution >= 0.6 is 11.3 Å². The van der Waals surface area contributed by atoms with Gasteiger partial charge in [-0.1, -0.05) is 42.5 Å². The number of nitrogens with one attached hydrogen (secondary N) is 1. The van der Waals surface area contributed by atoms with Crippen molar-refractivity contribution in [3.63, 3.8) is 0 Å². The molecule has 8 nitrogen and oxygen atoms in total. The maximum Gasteiger partial charge on any atom is 0.268 e. The number of para-hydroxylation sites is 1. The molecule has 0 saturated heterocycles. The third-order valence-corrected chi connectivity index (χ3v) is 5.61. The zero-order valence-electron chi connectivity index (χ0n) is 19.3. The summed E-state index contributed by atoms with van der Waals surface area (Å²) in [6.45, 7) is 6.95. The minimum Gasteiger partial charge on any atom is -0.490 e. The van der Waals surface area contributed by atoms with E-state index >= 15 is 0 Å². The van der Waals surface area contributed by atoms with Crippen molar-refractivity contribution in [2.24, 2.45) is 0 Å². The van der Waals surface area contributed by atoms with Crippen molar-refractivity contribution in [1.82, 2.24) is 10.2 Å². The fraction of sp³-hybridized carbons (Fsp3) is 0.280. The van der Waals surface area contributed by atoms with E-state index in [-0.39, 0.29) is 5.57 Å². The Labute approximate surface area is 202 Å². The number of amides is 1. The topological polar surface area (TPSA) is 106 Å². The highest BCUT2D eigenvalue weighted by Gasteiger charge is 2.14. The Morgan fingerprint density at radius 1 is 1.06 bits per heavy atom. The number of benzene rings is 2. The molecule has 0 aliphatic carbocycles. The fourth-order valence-electron chi connectivity index (χ4n) is 2.95. The SMILES string of the molecule is CCOc1cc(/C=C(/C#N)C(=O)Nc2nnc(CC)s2)ccc1OCCOc1ccccc1C. The normalized spacial score (nSPS) is 10.9. The van der Waals surface area contributed by atoms with Crippen molar-refractivity contribution >= 4 is 28.5 Å². The molecule has 1 aromatic heterocycles. The Balaban J connectivity index is 1.66. The second-order valence-electron chi connectivity index (χ2n) is 7.08. The molecule has 0 radical (unpaired) electrons. The quantitative estimate of drug-likeness (QED) is 0.239. The van der Waals surface area contributed by atoms with Gasteiger partial charge in [0.2, 0.25) is 5.13 Å². The first kappa shape index (κ1) is 24.7. The molecule has 0 bridgehead atoms. The van der Waals surface area contributed by atoms with Crippen LogP contribution in [0.1, 0.15) is 30.0 Å². The fourth-order valence-corrected chi connectivity index (χ4v) is 3.62. The van der Waals surface area contributed by atoms with Crippen molar-refractivity contribution < 1.29 is 19.0 Å². The number of carbonyl (C=O) groups is 1. The summed E-state index contributed by atoms with van der Waals surface area (Å²) in [5.74, 6) is 1.34. The molecular formula is C25H26N4O4S. The molecule has 0 aliphatic rings. The summed E-state index contributed by atoms with van der Waals surface area (Å²) in [7, 11) is 0. The summed E-state index contributed by atoms with van der Waals surface area (Å²) in [6.07, 6.45) is 2.21. The van der Waals surface area contributed by atoms with E-state index < -0.39 is 5.91 Å². The van der Waals surface area contributed by atoms with Crippen molar-refractivity contribution in [3.05, 3.63) is 64.2 Å². The van der Waals surface area contributed by atoms with Gasteiger partial charge < -0.3 is 14.2 Å². The predicted molar refractivity (Wildman–Crippen MR) is 131 cm³/mol. The third-order valence-electron chi connectivity index (χ3n) is 4.63. The van der Waals surface area contributed by atoms with Crippen LogP contribution in [0, 0.1) is 18.3 Å².